The molecule has 14 heteroatoms. The van der Waals surface area contributed by atoms with Crippen molar-refractivity contribution in [2.45, 2.75) is 19.0 Å². The number of aromatic amines is 2. The Morgan fingerprint density at radius 1 is 1.16 bits per heavy atom. The molecule has 166 valence electrons. The van der Waals surface area contributed by atoms with Crippen LogP contribution in [0.1, 0.15) is 34.8 Å². The molecule has 32 heavy (non-hydrogen) atoms. The molecule has 8 nitrogen and oxygen atoms in total. The number of halogens is 6. The number of benzene rings is 1. The van der Waals surface area contributed by atoms with Gasteiger partial charge in [-0.05, 0) is 24.3 Å². The largest absolute Gasteiger partial charge is 0.449 e. The van der Waals surface area contributed by atoms with Gasteiger partial charge in [-0.1, -0.05) is 11.6 Å². The van der Waals surface area contributed by atoms with E-state index in [0.717, 1.165) is 12.1 Å². The van der Waals surface area contributed by atoms with Crippen LogP contribution >= 0.6 is 11.6 Å². The van der Waals surface area contributed by atoms with Gasteiger partial charge in [0.25, 0.3) is 17.5 Å². The quantitative estimate of drug-likeness (QED) is 0.544. The summed E-state index contributed by atoms with van der Waals surface area (Å²) in [6.45, 7) is 0. The van der Waals surface area contributed by atoms with Crippen LogP contribution in [0.3, 0.4) is 0 Å². The van der Waals surface area contributed by atoms with Crippen LogP contribution in [0.25, 0.3) is 0 Å². The zero-order valence-electron chi connectivity index (χ0n) is 15.4. The molecule has 0 aliphatic carbocycles. The third-order valence-electron chi connectivity index (χ3n) is 3.90. The second-order valence-electron chi connectivity index (χ2n) is 6.20. The molecule has 0 amide bonds. The van der Waals surface area contributed by atoms with Crippen LogP contribution in [-0.2, 0) is 12.6 Å². The number of H-pyrrole nitrogens is 2. The molecule has 2 heterocycles. The predicted molar refractivity (Wildman–Crippen MR) is 98.7 cm³/mol. The smallest absolute Gasteiger partial charge is 0.437 e. The highest BCUT2D eigenvalue weighted by Crippen LogP contribution is 2.35. The average Bonchev–Trinajstić information content (AvgIpc) is 2.70. The summed E-state index contributed by atoms with van der Waals surface area (Å²) in [5, 5.41) is 13.8. The minimum atomic E-state index is -5.16. The molecule has 0 aliphatic rings. The second kappa shape index (κ2) is 8.75. The van der Waals surface area contributed by atoms with Crippen LogP contribution in [0.5, 0.6) is 11.5 Å². The van der Waals surface area contributed by atoms with Crippen molar-refractivity contribution in [3.05, 3.63) is 78.3 Å². The summed E-state index contributed by atoms with van der Waals surface area (Å²) in [6.07, 6.45) is -8.91. The molecule has 1 aromatic carbocycles. The van der Waals surface area contributed by atoms with E-state index in [1.165, 1.54) is 6.07 Å². The maximum Gasteiger partial charge on any atom is 0.437 e. The van der Waals surface area contributed by atoms with Gasteiger partial charge in [-0.25, -0.2) is 18.9 Å². The number of hydrogen-bond acceptors (Lipinski definition) is 6. The maximum absolute atomic E-state index is 13.6. The van der Waals surface area contributed by atoms with Gasteiger partial charge in [-0.3, -0.25) is 9.59 Å². The summed E-state index contributed by atoms with van der Waals surface area (Å²) < 4.78 is 71.3. The van der Waals surface area contributed by atoms with Crippen molar-refractivity contribution in [2.75, 3.05) is 0 Å². The monoisotopic (exact) mass is 473 g/mol. The number of aromatic nitrogens is 4. The van der Waals surface area contributed by atoms with E-state index in [1.54, 1.807) is 11.2 Å². The lowest BCUT2D eigenvalue weighted by Gasteiger charge is -2.14. The van der Waals surface area contributed by atoms with E-state index in [0.29, 0.717) is 6.07 Å². The van der Waals surface area contributed by atoms with E-state index >= 15 is 0 Å². The SMILES string of the molecule is N#Cc1cc(Cl)cc(Oc2c(C(F)(F)F)nc(Cc3cc(C(F)F)n[nH]c3=O)[nH]c2=O)c1. The molecule has 2 aromatic heterocycles. The first-order chi connectivity index (χ1) is 15.0. The Morgan fingerprint density at radius 3 is 2.50 bits per heavy atom. The summed E-state index contributed by atoms with van der Waals surface area (Å²) in [4.78, 5) is 29.5. The maximum atomic E-state index is 13.6. The highest BCUT2D eigenvalue weighted by molar-refractivity contribution is 6.30. The molecule has 0 saturated heterocycles. The molecule has 3 rings (SSSR count). The topological polar surface area (TPSA) is 125 Å². The Morgan fingerprint density at radius 2 is 1.88 bits per heavy atom. The minimum absolute atomic E-state index is 0.0274. The van der Waals surface area contributed by atoms with Crippen molar-refractivity contribution in [3.8, 4) is 17.6 Å². The van der Waals surface area contributed by atoms with E-state index in [-0.39, 0.29) is 16.3 Å². The van der Waals surface area contributed by atoms with E-state index < -0.39 is 58.7 Å². The first-order valence-corrected chi connectivity index (χ1v) is 8.81. The molecule has 3 aromatic rings. The summed E-state index contributed by atoms with van der Waals surface area (Å²) in [7, 11) is 0. The Kier molecular flexibility index (Phi) is 6.26. The third-order valence-corrected chi connectivity index (χ3v) is 4.11. The van der Waals surface area contributed by atoms with Crippen LogP contribution < -0.4 is 15.9 Å². The zero-order chi connectivity index (χ0) is 23.6. The van der Waals surface area contributed by atoms with E-state index in [4.69, 9.17) is 21.6 Å². The molecular formula is C18H9ClF5N5O3. The fraction of sp³-hybridized carbons (Fsp3) is 0.167. The van der Waals surface area contributed by atoms with Crippen molar-refractivity contribution in [2.24, 2.45) is 0 Å². The minimum Gasteiger partial charge on any atom is -0.449 e. The number of nitrogens with one attached hydrogen (secondary N) is 2. The van der Waals surface area contributed by atoms with Gasteiger partial charge >= 0.3 is 6.18 Å². The fourth-order valence-corrected chi connectivity index (χ4v) is 2.80. The lowest BCUT2D eigenvalue weighted by molar-refractivity contribution is -0.142. The predicted octanol–water partition coefficient (Wildman–Crippen LogP) is 3.72. The van der Waals surface area contributed by atoms with Crippen molar-refractivity contribution >= 4 is 11.6 Å². The zero-order valence-corrected chi connectivity index (χ0v) is 16.2. The normalized spacial score (nSPS) is 11.4. The van der Waals surface area contributed by atoms with Gasteiger partial charge < -0.3 is 9.72 Å². The van der Waals surface area contributed by atoms with E-state index in [1.807, 2.05) is 4.98 Å². The van der Waals surface area contributed by atoms with Gasteiger partial charge in [0.1, 0.15) is 17.3 Å². The standard InChI is InChI=1S/C18H9ClF5N5O3/c19-9-1-7(6-25)2-10(5-9)32-13-14(18(22,23)24)26-12(27-17(13)31)4-8-3-11(15(20)21)28-29-16(8)30/h1-3,5,15H,4H2,(H,29,30)(H,26,27,31). The van der Waals surface area contributed by atoms with Crippen LogP contribution in [0.2, 0.25) is 5.02 Å². The summed E-state index contributed by atoms with van der Waals surface area (Å²) in [5.74, 6) is -2.19. The van der Waals surface area contributed by atoms with Gasteiger partial charge in [0.15, 0.2) is 5.69 Å². The molecule has 0 unspecified atom stereocenters. The summed E-state index contributed by atoms with van der Waals surface area (Å²) >= 11 is 5.78. The number of hydrogen-bond donors (Lipinski definition) is 2. The molecule has 0 atom stereocenters. The molecule has 0 saturated carbocycles. The molecule has 0 aliphatic heterocycles. The summed E-state index contributed by atoms with van der Waals surface area (Å²) in [6, 6.07) is 5.78. The van der Waals surface area contributed by atoms with Gasteiger partial charge in [0.05, 0.1) is 11.6 Å². The Balaban J connectivity index is 2.07. The van der Waals surface area contributed by atoms with E-state index in [2.05, 4.69) is 10.1 Å². The first-order valence-electron chi connectivity index (χ1n) is 8.43. The van der Waals surface area contributed by atoms with Crippen LogP contribution in [0.4, 0.5) is 22.0 Å². The van der Waals surface area contributed by atoms with Crippen LogP contribution in [0.15, 0.2) is 33.9 Å². The van der Waals surface area contributed by atoms with Crippen LogP contribution in [0, 0.1) is 11.3 Å². The highest BCUT2D eigenvalue weighted by atomic mass is 35.5. The second-order valence-corrected chi connectivity index (χ2v) is 6.64. The summed E-state index contributed by atoms with van der Waals surface area (Å²) in [5.41, 5.74) is -5.28. The van der Waals surface area contributed by atoms with E-state index in [9.17, 15) is 31.5 Å². The number of nitrogens with zero attached hydrogens (tertiary/aromatic N) is 3. The van der Waals surface area contributed by atoms with Crippen LogP contribution in [-0.4, -0.2) is 20.2 Å². The van der Waals surface area contributed by atoms with Crippen molar-refractivity contribution in [1.29, 1.82) is 5.26 Å². The number of nitriles is 1. The van der Waals surface area contributed by atoms with Gasteiger partial charge in [-0.15, -0.1) is 0 Å². The Hall–Kier alpha value is -3.79. The fourth-order valence-electron chi connectivity index (χ4n) is 2.57. The number of ether oxygens (including phenoxy) is 1. The molecular weight excluding hydrogens is 465 g/mol. The lowest BCUT2D eigenvalue weighted by atomic mass is 10.2. The molecule has 0 radical (unpaired) electrons. The van der Waals surface area contributed by atoms with Gasteiger partial charge in [-0.2, -0.15) is 23.5 Å². The van der Waals surface area contributed by atoms with Crippen molar-refractivity contribution in [3.63, 3.8) is 0 Å². The third kappa shape index (κ3) is 5.09. The Bertz CT molecular complexity index is 1330. The number of alkyl halides is 5. The molecule has 2 N–H and O–H groups in total. The van der Waals surface area contributed by atoms with Gasteiger partial charge in [0.2, 0.25) is 5.75 Å². The molecule has 0 bridgehead atoms. The molecule has 0 fully saturated rings. The average molecular weight is 474 g/mol. The highest BCUT2D eigenvalue weighted by Gasteiger charge is 2.39. The van der Waals surface area contributed by atoms with Crippen molar-refractivity contribution < 1.29 is 26.7 Å². The molecule has 0 spiro atoms. The number of rotatable bonds is 5. The van der Waals surface area contributed by atoms with Crippen molar-refractivity contribution in [1.82, 2.24) is 20.2 Å². The first kappa shape index (κ1) is 22.9. The van der Waals surface area contributed by atoms with Gasteiger partial charge in [0, 0.05) is 17.0 Å². The Labute approximate surface area is 179 Å². The lowest BCUT2D eigenvalue weighted by Crippen LogP contribution is -2.24.